The first-order chi connectivity index (χ1) is 9.33. The van der Waals surface area contributed by atoms with Crippen LogP contribution in [0.25, 0.3) is 0 Å². The molecule has 0 aliphatic carbocycles. The van der Waals surface area contributed by atoms with Gasteiger partial charge < -0.3 is 10.1 Å². The summed E-state index contributed by atoms with van der Waals surface area (Å²) in [5, 5.41) is 3.56. The molecule has 2 atom stereocenters. The predicted octanol–water partition coefficient (Wildman–Crippen LogP) is 1.81. The molecular formula is C16H24N2O. The minimum absolute atomic E-state index is 0.529. The average Bonchev–Trinajstić information content (AvgIpc) is 2.48. The third-order valence-corrected chi connectivity index (χ3v) is 4.41. The molecule has 1 saturated heterocycles. The van der Waals surface area contributed by atoms with Crippen LogP contribution in [0.2, 0.25) is 0 Å². The van der Waals surface area contributed by atoms with Crippen molar-refractivity contribution >= 4 is 0 Å². The van der Waals surface area contributed by atoms with Gasteiger partial charge in [0.05, 0.1) is 13.2 Å². The zero-order valence-corrected chi connectivity index (χ0v) is 11.8. The molecule has 0 amide bonds. The molecule has 0 saturated carbocycles. The highest BCUT2D eigenvalue weighted by Gasteiger charge is 2.23. The van der Waals surface area contributed by atoms with Crippen molar-refractivity contribution in [2.75, 3.05) is 26.3 Å². The van der Waals surface area contributed by atoms with E-state index in [0.717, 1.165) is 26.3 Å². The van der Waals surface area contributed by atoms with E-state index in [-0.39, 0.29) is 0 Å². The second-order valence-corrected chi connectivity index (χ2v) is 5.80. The number of ether oxygens (including phenoxy) is 1. The van der Waals surface area contributed by atoms with Crippen LogP contribution in [0.15, 0.2) is 24.3 Å². The van der Waals surface area contributed by atoms with Gasteiger partial charge in [0.1, 0.15) is 0 Å². The molecule has 1 aromatic carbocycles. The summed E-state index contributed by atoms with van der Waals surface area (Å²) in [6, 6.07) is 10.0. The monoisotopic (exact) mass is 260 g/mol. The third kappa shape index (κ3) is 3.16. The number of hydrogen-bond acceptors (Lipinski definition) is 3. The Morgan fingerprint density at radius 1 is 1.37 bits per heavy atom. The summed E-state index contributed by atoms with van der Waals surface area (Å²) in [4.78, 5) is 2.61. The van der Waals surface area contributed by atoms with E-state index in [1.54, 1.807) is 0 Å². The van der Waals surface area contributed by atoms with Crippen molar-refractivity contribution in [1.82, 2.24) is 10.2 Å². The Labute approximate surface area is 115 Å². The van der Waals surface area contributed by atoms with E-state index in [9.17, 15) is 0 Å². The lowest BCUT2D eigenvalue weighted by Gasteiger charge is -2.36. The van der Waals surface area contributed by atoms with Crippen LogP contribution >= 0.6 is 0 Å². The SMILES string of the molecule is CC(CC1COCCN1)N1CCc2ccccc2C1. The molecule has 2 aliphatic heterocycles. The quantitative estimate of drug-likeness (QED) is 0.897. The van der Waals surface area contributed by atoms with Crippen LogP contribution in [0, 0.1) is 0 Å². The zero-order chi connectivity index (χ0) is 13.1. The van der Waals surface area contributed by atoms with Crippen molar-refractivity contribution in [3.05, 3.63) is 35.4 Å². The first-order valence-electron chi connectivity index (χ1n) is 7.45. The van der Waals surface area contributed by atoms with Crippen molar-refractivity contribution in [2.24, 2.45) is 0 Å². The van der Waals surface area contributed by atoms with Gasteiger partial charge in [0, 0.05) is 31.7 Å². The van der Waals surface area contributed by atoms with Gasteiger partial charge in [-0.3, -0.25) is 4.90 Å². The molecule has 2 unspecified atom stereocenters. The molecule has 2 aliphatic rings. The van der Waals surface area contributed by atoms with Crippen molar-refractivity contribution in [3.8, 4) is 0 Å². The summed E-state index contributed by atoms with van der Waals surface area (Å²) in [7, 11) is 0. The highest BCUT2D eigenvalue weighted by Crippen LogP contribution is 2.21. The molecule has 1 fully saturated rings. The first-order valence-corrected chi connectivity index (χ1v) is 7.45. The maximum Gasteiger partial charge on any atom is 0.0620 e. The summed E-state index contributed by atoms with van der Waals surface area (Å²) in [6.45, 7) is 7.37. The molecule has 0 spiro atoms. The summed E-state index contributed by atoms with van der Waals surface area (Å²) in [6.07, 6.45) is 2.37. The number of nitrogens with one attached hydrogen (secondary N) is 1. The summed E-state index contributed by atoms with van der Waals surface area (Å²) in [5.41, 5.74) is 3.04. The van der Waals surface area contributed by atoms with Gasteiger partial charge >= 0.3 is 0 Å². The topological polar surface area (TPSA) is 24.5 Å². The molecule has 0 aromatic heterocycles. The van der Waals surface area contributed by atoms with Crippen LogP contribution in [0.1, 0.15) is 24.5 Å². The van der Waals surface area contributed by atoms with E-state index < -0.39 is 0 Å². The molecule has 0 bridgehead atoms. The fourth-order valence-corrected chi connectivity index (χ4v) is 3.23. The number of nitrogens with zero attached hydrogens (tertiary/aromatic N) is 1. The summed E-state index contributed by atoms with van der Waals surface area (Å²) in [5.74, 6) is 0. The number of rotatable bonds is 3. The molecule has 1 aromatic rings. The Bertz CT molecular complexity index is 415. The fourth-order valence-electron chi connectivity index (χ4n) is 3.23. The lowest BCUT2D eigenvalue weighted by Crippen LogP contribution is -2.46. The van der Waals surface area contributed by atoms with Crippen LogP contribution in [0.3, 0.4) is 0 Å². The van der Waals surface area contributed by atoms with Gasteiger partial charge in [0.2, 0.25) is 0 Å². The van der Waals surface area contributed by atoms with Gasteiger partial charge in [-0.2, -0.15) is 0 Å². The Morgan fingerprint density at radius 3 is 3.00 bits per heavy atom. The van der Waals surface area contributed by atoms with Gasteiger partial charge in [-0.1, -0.05) is 24.3 Å². The minimum atomic E-state index is 0.529. The first kappa shape index (κ1) is 13.1. The maximum atomic E-state index is 5.55. The van der Waals surface area contributed by atoms with Crippen LogP contribution in [-0.2, 0) is 17.7 Å². The van der Waals surface area contributed by atoms with Crippen molar-refractivity contribution in [2.45, 2.75) is 38.4 Å². The molecule has 2 heterocycles. The largest absolute Gasteiger partial charge is 0.379 e. The molecular weight excluding hydrogens is 236 g/mol. The molecule has 3 nitrogen and oxygen atoms in total. The van der Waals surface area contributed by atoms with Crippen LogP contribution < -0.4 is 5.32 Å². The zero-order valence-electron chi connectivity index (χ0n) is 11.8. The predicted molar refractivity (Wildman–Crippen MR) is 77.2 cm³/mol. The van der Waals surface area contributed by atoms with Gasteiger partial charge in [-0.15, -0.1) is 0 Å². The van der Waals surface area contributed by atoms with E-state index in [1.807, 2.05) is 0 Å². The molecule has 1 N–H and O–H groups in total. The standard InChI is InChI=1S/C16H24N2O/c1-13(10-16-12-19-9-7-17-16)18-8-6-14-4-2-3-5-15(14)11-18/h2-5,13,16-17H,6-12H2,1H3. The van der Waals surface area contributed by atoms with Gasteiger partial charge in [-0.05, 0) is 30.9 Å². The van der Waals surface area contributed by atoms with Crippen molar-refractivity contribution in [1.29, 1.82) is 0 Å². The Hall–Kier alpha value is -0.900. The number of hydrogen-bond donors (Lipinski definition) is 1. The number of morpholine rings is 1. The fraction of sp³-hybridized carbons (Fsp3) is 0.625. The normalized spacial score (nSPS) is 25.8. The molecule has 3 heteroatoms. The Morgan fingerprint density at radius 2 is 2.21 bits per heavy atom. The molecule has 3 rings (SSSR count). The summed E-state index contributed by atoms with van der Waals surface area (Å²) >= 11 is 0. The second kappa shape index (κ2) is 6.04. The highest BCUT2D eigenvalue weighted by molar-refractivity contribution is 5.29. The van der Waals surface area contributed by atoms with E-state index in [0.29, 0.717) is 12.1 Å². The van der Waals surface area contributed by atoms with Crippen LogP contribution in [-0.4, -0.2) is 43.3 Å². The van der Waals surface area contributed by atoms with E-state index in [2.05, 4.69) is 41.4 Å². The minimum Gasteiger partial charge on any atom is -0.379 e. The lowest BCUT2D eigenvalue weighted by atomic mass is 9.97. The highest BCUT2D eigenvalue weighted by atomic mass is 16.5. The van der Waals surface area contributed by atoms with Gasteiger partial charge in [-0.25, -0.2) is 0 Å². The molecule has 0 radical (unpaired) electrons. The van der Waals surface area contributed by atoms with Gasteiger partial charge in [0.25, 0.3) is 0 Å². The lowest BCUT2D eigenvalue weighted by molar-refractivity contribution is 0.0602. The van der Waals surface area contributed by atoms with Gasteiger partial charge in [0.15, 0.2) is 0 Å². The Kier molecular flexibility index (Phi) is 4.16. The maximum absolute atomic E-state index is 5.55. The third-order valence-electron chi connectivity index (χ3n) is 4.41. The average molecular weight is 260 g/mol. The van der Waals surface area contributed by atoms with Crippen LogP contribution in [0.5, 0.6) is 0 Å². The number of fused-ring (bicyclic) bond motifs is 1. The van der Waals surface area contributed by atoms with E-state index >= 15 is 0 Å². The van der Waals surface area contributed by atoms with Crippen LogP contribution in [0.4, 0.5) is 0 Å². The summed E-state index contributed by atoms with van der Waals surface area (Å²) < 4.78 is 5.55. The Balaban J connectivity index is 1.58. The van der Waals surface area contributed by atoms with Crippen molar-refractivity contribution in [3.63, 3.8) is 0 Å². The smallest absolute Gasteiger partial charge is 0.0620 e. The second-order valence-electron chi connectivity index (χ2n) is 5.80. The molecule has 104 valence electrons. The van der Waals surface area contributed by atoms with E-state index in [4.69, 9.17) is 4.74 Å². The number of benzene rings is 1. The van der Waals surface area contributed by atoms with E-state index in [1.165, 1.54) is 30.5 Å². The molecule has 19 heavy (non-hydrogen) atoms. The van der Waals surface area contributed by atoms with Crippen molar-refractivity contribution < 1.29 is 4.74 Å².